The lowest BCUT2D eigenvalue weighted by Crippen LogP contribution is -2.33. The number of anilines is 1. The van der Waals surface area contributed by atoms with E-state index in [9.17, 15) is 9.59 Å². The molecule has 37 heavy (non-hydrogen) atoms. The lowest BCUT2D eigenvalue weighted by Gasteiger charge is -2.33. The maximum atomic E-state index is 12.5. The van der Waals surface area contributed by atoms with Crippen molar-refractivity contribution in [3.63, 3.8) is 0 Å². The molecule has 4 N–H and O–H groups in total. The van der Waals surface area contributed by atoms with Crippen LogP contribution in [0.3, 0.4) is 0 Å². The number of thiocarbonyl (C=S) groups is 1. The van der Waals surface area contributed by atoms with Gasteiger partial charge in [-0.2, -0.15) is 0 Å². The molecule has 0 unspecified atom stereocenters. The molecule has 10 heteroatoms. The number of primary amides is 1. The van der Waals surface area contributed by atoms with Crippen LogP contribution in [0.25, 0.3) is 17.4 Å². The lowest BCUT2D eigenvalue weighted by molar-refractivity contribution is -0.115. The lowest BCUT2D eigenvalue weighted by atomic mass is 9.72. The fraction of sp³-hybridized carbons (Fsp3) is 0.296. The highest BCUT2D eigenvalue weighted by molar-refractivity contribution is 7.80. The number of furan rings is 1. The molecule has 0 saturated heterocycles. The number of carbonyl (C=O) groups is 2. The van der Waals surface area contributed by atoms with Crippen LogP contribution < -0.4 is 16.4 Å². The van der Waals surface area contributed by atoms with Crippen molar-refractivity contribution in [3.8, 4) is 11.3 Å². The van der Waals surface area contributed by atoms with Crippen LogP contribution in [0.5, 0.6) is 0 Å². The summed E-state index contributed by atoms with van der Waals surface area (Å²) in [6.45, 7) is 6.71. The molecule has 1 aliphatic rings. The monoisotopic (exact) mass is 575 g/mol. The van der Waals surface area contributed by atoms with E-state index in [1.165, 1.54) is 23.5 Å². The highest BCUT2D eigenvalue weighted by atomic mass is 35.5. The highest BCUT2D eigenvalue weighted by Crippen LogP contribution is 2.44. The standard InChI is InChI=1S/C27H27Cl2N3O3S2/c1-27(2,3)14-4-8-18-21(12-14)37-25(23(18)24(30)34)32-26(36)31-22(33)11-7-16-6-10-20(35-16)17-9-5-15(28)13-19(17)29/h5-7,9-11,13-14H,4,8,12H2,1-3H3,(H2,30,34)(H2,31,32,33,36)/b11-7+/t14-/m0/s1. The van der Waals surface area contributed by atoms with Gasteiger partial charge in [0.1, 0.15) is 16.5 Å². The second kappa shape index (κ2) is 11.0. The van der Waals surface area contributed by atoms with Gasteiger partial charge in [-0.1, -0.05) is 44.0 Å². The third-order valence-electron chi connectivity index (χ3n) is 6.42. The number of rotatable bonds is 5. The molecular weight excluding hydrogens is 549 g/mol. The van der Waals surface area contributed by atoms with Crippen molar-refractivity contribution >= 4 is 74.8 Å². The first-order valence-electron chi connectivity index (χ1n) is 11.7. The molecule has 2 aromatic heterocycles. The molecule has 1 aromatic carbocycles. The van der Waals surface area contributed by atoms with E-state index in [4.69, 9.17) is 45.6 Å². The van der Waals surface area contributed by atoms with Crippen molar-refractivity contribution in [3.05, 3.63) is 68.2 Å². The summed E-state index contributed by atoms with van der Waals surface area (Å²) in [6.07, 6.45) is 5.51. The number of nitrogens with one attached hydrogen (secondary N) is 2. The van der Waals surface area contributed by atoms with Crippen LogP contribution >= 0.6 is 46.8 Å². The molecule has 0 fully saturated rings. The summed E-state index contributed by atoms with van der Waals surface area (Å²) in [6, 6.07) is 8.60. The molecule has 0 radical (unpaired) electrons. The average molecular weight is 577 g/mol. The minimum atomic E-state index is -0.502. The summed E-state index contributed by atoms with van der Waals surface area (Å²) in [5, 5.41) is 7.25. The predicted molar refractivity (Wildman–Crippen MR) is 155 cm³/mol. The summed E-state index contributed by atoms with van der Waals surface area (Å²) < 4.78 is 5.77. The van der Waals surface area contributed by atoms with E-state index in [2.05, 4.69) is 31.4 Å². The molecule has 4 rings (SSSR count). The molecule has 0 spiro atoms. The summed E-state index contributed by atoms with van der Waals surface area (Å²) in [5.41, 5.74) is 8.03. The third kappa shape index (κ3) is 6.44. The Morgan fingerprint density at radius 3 is 2.65 bits per heavy atom. The van der Waals surface area contributed by atoms with E-state index in [0.717, 1.165) is 29.7 Å². The number of halogens is 2. The highest BCUT2D eigenvalue weighted by Gasteiger charge is 2.33. The van der Waals surface area contributed by atoms with Gasteiger partial charge in [0.15, 0.2) is 5.11 Å². The number of fused-ring (bicyclic) bond motifs is 1. The fourth-order valence-electron chi connectivity index (χ4n) is 4.40. The normalized spacial score (nSPS) is 15.4. The van der Waals surface area contributed by atoms with Crippen LogP contribution in [0, 0.1) is 11.3 Å². The van der Waals surface area contributed by atoms with Crippen molar-refractivity contribution in [1.82, 2.24) is 5.32 Å². The predicted octanol–water partition coefficient (Wildman–Crippen LogP) is 7.09. The zero-order valence-electron chi connectivity index (χ0n) is 20.6. The Balaban J connectivity index is 1.41. The molecule has 194 valence electrons. The van der Waals surface area contributed by atoms with E-state index in [1.807, 2.05) is 0 Å². The molecule has 0 aliphatic heterocycles. The number of hydrogen-bond acceptors (Lipinski definition) is 5. The van der Waals surface area contributed by atoms with Crippen LogP contribution in [0.2, 0.25) is 10.0 Å². The Kier molecular flexibility index (Phi) is 8.14. The number of hydrogen-bond donors (Lipinski definition) is 3. The van der Waals surface area contributed by atoms with Gasteiger partial charge in [-0.3, -0.25) is 14.9 Å². The summed E-state index contributed by atoms with van der Waals surface area (Å²) in [5.74, 6) is 0.577. The van der Waals surface area contributed by atoms with E-state index >= 15 is 0 Å². The summed E-state index contributed by atoms with van der Waals surface area (Å²) in [7, 11) is 0. The quantitative estimate of drug-likeness (QED) is 0.223. The topological polar surface area (TPSA) is 97.4 Å². The SMILES string of the molecule is CC(C)(C)[C@H]1CCc2c(sc(NC(=S)NC(=O)/C=C/c3ccc(-c4ccc(Cl)cc4Cl)o3)c2C(N)=O)C1. The molecule has 6 nitrogen and oxygen atoms in total. The Bertz CT molecular complexity index is 1400. The van der Waals surface area contributed by atoms with Gasteiger partial charge in [-0.05, 0) is 84.8 Å². The first kappa shape index (κ1) is 27.4. The van der Waals surface area contributed by atoms with Crippen LogP contribution in [-0.4, -0.2) is 16.9 Å². The number of nitrogens with two attached hydrogens (primary N) is 1. The van der Waals surface area contributed by atoms with Crippen LogP contribution in [0.4, 0.5) is 5.00 Å². The Morgan fingerprint density at radius 2 is 1.97 bits per heavy atom. The van der Waals surface area contributed by atoms with Crippen molar-refractivity contribution in [1.29, 1.82) is 0 Å². The first-order valence-corrected chi connectivity index (χ1v) is 13.7. The van der Waals surface area contributed by atoms with Gasteiger partial charge in [-0.25, -0.2) is 0 Å². The number of thiophene rings is 1. The second-order valence-corrected chi connectivity index (χ2v) is 12.3. The fourth-order valence-corrected chi connectivity index (χ4v) is 6.50. The van der Waals surface area contributed by atoms with Gasteiger partial charge in [0.05, 0.1) is 10.6 Å². The molecule has 2 amide bonds. The minimum absolute atomic E-state index is 0.0798. The van der Waals surface area contributed by atoms with Gasteiger partial charge < -0.3 is 15.5 Å². The smallest absolute Gasteiger partial charge is 0.251 e. The molecule has 3 aromatic rings. The van der Waals surface area contributed by atoms with Crippen LogP contribution in [0.15, 0.2) is 40.8 Å². The maximum Gasteiger partial charge on any atom is 0.251 e. The molecular formula is C27H27Cl2N3O3S2. The molecule has 0 bridgehead atoms. The van der Waals surface area contributed by atoms with Crippen molar-refractivity contribution in [2.45, 2.75) is 40.0 Å². The van der Waals surface area contributed by atoms with Crippen molar-refractivity contribution in [2.24, 2.45) is 17.1 Å². The Hall–Kier alpha value is -2.65. The zero-order chi connectivity index (χ0) is 26.9. The number of amides is 2. The number of carbonyl (C=O) groups excluding carboxylic acids is 2. The number of benzene rings is 1. The first-order chi connectivity index (χ1) is 17.4. The molecule has 2 heterocycles. The van der Waals surface area contributed by atoms with E-state index in [-0.39, 0.29) is 10.5 Å². The largest absolute Gasteiger partial charge is 0.457 e. The zero-order valence-corrected chi connectivity index (χ0v) is 23.8. The van der Waals surface area contributed by atoms with Gasteiger partial charge in [0, 0.05) is 21.5 Å². The van der Waals surface area contributed by atoms with Gasteiger partial charge in [0.25, 0.3) is 5.91 Å². The van der Waals surface area contributed by atoms with Crippen LogP contribution in [-0.2, 0) is 17.6 Å². The molecule has 0 saturated carbocycles. The Morgan fingerprint density at radius 1 is 1.22 bits per heavy atom. The molecule has 1 atom stereocenters. The summed E-state index contributed by atoms with van der Waals surface area (Å²) >= 11 is 19.0. The van der Waals surface area contributed by atoms with Gasteiger partial charge in [0.2, 0.25) is 5.91 Å². The van der Waals surface area contributed by atoms with E-state index < -0.39 is 11.8 Å². The van der Waals surface area contributed by atoms with Crippen molar-refractivity contribution < 1.29 is 14.0 Å². The Labute approximate surface area is 235 Å². The maximum absolute atomic E-state index is 12.5. The molecule has 1 aliphatic carbocycles. The summed E-state index contributed by atoms with van der Waals surface area (Å²) in [4.78, 5) is 25.9. The van der Waals surface area contributed by atoms with Gasteiger partial charge in [-0.15, -0.1) is 11.3 Å². The second-order valence-electron chi connectivity index (χ2n) is 9.98. The van der Waals surface area contributed by atoms with Crippen molar-refractivity contribution in [2.75, 3.05) is 5.32 Å². The third-order valence-corrected chi connectivity index (χ3v) is 8.34. The van der Waals surface area contributed by atoms with Crippen LogP contribution in [0.1, 0.15) is 53.8 Å². The average Bonchev–Trinajstić information content (AvgIpc) is 3.40. The van der Waals surface area contributed by atoms with Gasteiger partial charge >= 0.3 is 0 Å². The minimum Gasteiger partial charge on any atom is -0.457 e. The van der Waals surface area contributed by atoms with E-state index in [1.54, 1.807) is 30.3 Å². The van der Waals surface area contributed by atoms with E-state index in [0.29, 0.717) is 43.6 Å².